The molecule has 0 unspecified atom stereocenters. The summed E-state index contributed by atoms with van der Waals surface area (Å²) in [5, 5.41) is 12.7. The minimum absolute atomic E-state index is 0.0286. The van der Waals surface area contributed by atoms with E-state index in [-0.39, 0.29) is 43.8 Å². The first-order chi connectivity index (χ1) is 23.5. The molecule has 0 radical (unpaired) electrons. The third-order valence-corrected chi connectivity index (χ3v) is 12.3. The Labute approximate surface area is 288 Å². The summed E-state index contributed by atoms with van der Waals surface area (Å²) in [6.07, 6.45) is -0.737. The van der Waals surface area contributed by atoms with Gasteiger partial charge in [-0.2, -0.15) is 0 Å². The van der Waals surface area contributed by atoms with E-state index in [2.05, 4.69) is 5.32 Å². The van der Waals surface area contributed by atoms with E-state index in [4.69, 9.17) is 4.74 Å². The number of nitrogens with one attached hydrogen (secondary N) is 1. The molecule has 254 valence electrons. The molecule has 0 saturated carbocycles. The van der Waals surface area contributed by atoms with E-state index < -0.39 is 31.5 Å². The van der Waals surface area contributed by atoms with Gasteiger partial charge in [0.15, 0.2) is 13.9 Å². The Balaban J connectivity index is 1.28. The Morgan fingerprint density at radius 2 is 1.57 bits per heavy atom. The molecule has 0 aliphatic carbocycles. The number of carbonyl (C=O) groups excluding carboxylic acids is 3. The van der Waals surface area contributed by atoms with E-state index in [0.717, 1.165) is 16.7 Å². The number of fused-ring (bicyclic) bond motifs is 2. The minimum atomic E-state index is -2.99. The summed E-state index contributed by atoms with van der Waals surface area (Å²) in [7, 11) is -2.99. The van der Waals surface area contributed by atoms with Crippen LogP contribution in [0, 0.1) is 5.92 Å². The largest absolute Gasteiger partial charge is 0.432 e. The van der Waals surface area contributed by atoms with Crippen molar-refractivity contribution in [3.63, 3.8) is 0 Å². The molecular formula is C39H43N3O6Si. The van der Waals surface area contributed by atoms with Gasteiger partial charge in [0.05, 0.1) is 31.4 Å². The zero-order chi connectivity index (χ0) is 34.8. The summed E-state index contributed by atoms with van der Waals surface area (Å²) >= 11 is 0. The van der Waals surface area contributed by atoms with Gasteiger partial charge in [0.25, 0.3) is 11.8 Å². The van der Waals surface area contributed by atoms with E-state index in [9.17, 15) is 24.3 Å². The number of ether oxygens (including phenoxy) is 1. The molecule has 2 heterocycles. The van der Waals surface area contributed by atoms with E-state index in [1.807, 2.05) is 117 Å². The molecule has 4 atom stereocenters. The Morgan fingerprint density at radius 3 is 2.27 bits per heavy atom. The summed E-state index contributed by atoms with van der Waals surface area (Å²) < 4.78 is 6.86. The fourth-order valence-electron chi connectivity index (χ4n) is 7.63. The van der Waals surface area contributed by atoms with Crippen molar-refractivity contribution in [2.24, 2.45) is 5.92 Å². The molecule has 1 saturated heterocycles. The normalized spacial score (nSPS) is 21.5. The van der Waals surface area contributed by atoms with E-state index in [1.165, 1.54) is 0 Å². The molecule has 1 fully saturated rings. The molecule has 2 aliphatic heterocycles. The molecule has 49 heavy (non-hydrogen) atoms. The van der Waals surface area contributed by atoms with Crippen molar-refractivity contribution in [1.29, 1.82) is 0 Å². The summed E-state index contributed by atoms with van der Waals surface area (Å²) in [6.45, 7) is 6.16. The molecule has 4 aromatic rings. The summed E-state index contributed by atoms with van der Waals surface area (Å²) in [5.41, 5.74) is 2.54. The third kappa shape index (κ3) is 6.82. The van der Waals surface area contributed by atoms with Gasteiger partial charge in [-0.25, -0.2) is 0 Å². The summed E-state index contributed by atoms with van der Waals surface area (Å²) in [5.74, 6) is -1.10. The van der Waals surface area contributed by atoms with Crippen LogP contribution in [-0.4, -0.2) is 60.1 Å². The molecule has 3 amide bonds. The van der Waals surface area contributed by atoms with Crippen LogP contribution in [0.1, 0.15) is 40.4 Å². The first-order valence-electron chi connectivity index (χ1n) is 16.7. The number of amides is 3. The summed E-state index contributed by atoms with van der Waals surface area (Å²) in [4.78, 5) is 56.4. The molecule has 1 spiro atoms. The van der Waals surface area contributed by atoms with Gasteiger partial charge < -0.3 is 29.8 Å². The smallest absolute Gasteiger partial charge is 0.264 e. The fraction of sp³-hybridized carbons (Fsp3) is 0.308. The molecule has 0 aromatic heterocycles. The van der Waals surface area contributed by atoms with Crippen LogP contribution in [0.5, 0.6) is 0 Å². The van der Waals surface area contributed by atoms with Crippen LogP contribution in [0.15, 0.2) is 109 Å². The highest BCUT2D eigenvalue weighted by Gasteiger charge is 2.66. The molecule has 3 N–H and O–H groups in total. The number of nitrogens with zero attached hydrogens (tertiary/aromatic N) is 2. The summed E-state index contributed by atoms with van der Waals surface area (Å²) in [6, 6.07) is 33.6. The highest BCUT2D eigenvalue weighted by Crippen LogP contribution is 2.59. The van der Waals surface area contributed by atoms with Crippen LogP contribution in [-0.2, 0) is 33.0 Å². The van der Waals surface area contributed by atoms with Crippen LogP contribution in [0.25, 0.3) is 0 Å². The molecule has 0 bridgehead atoms. The predicted octanol–water partition coefficient (Wildman–Crippen LogP) is 5.69. The maximum absolute atomic E-state index is 14.8. The molecule has 2 aliphatic rings. The predicted molar refractivity (Wildman–Crippen MR) is 191 cm³/mol. The Hall–Kier alpha value is -4.61. The fourth-order valence-corrected chi connectivity index (χ4v) is 10.2. The van der Waals surface area contributed by atoms with Crippen molar-refractivity contribution in [2.45, 2.75) is 56.8 Å². The highest BCUT2D eigenvalue weighted by atomic mass is 28.4. The Morgan fingerprint density at radius 1 is 0.918 bits per heavy atom. The standard InChI is InChI=1S/C39H43N3O6Si/c1-27-36(49(2,3)47)34(24-35(44)41(21-22-43)25-28-13-6-4-7-14-28)48-39(27)32-19-10-11-20-33(32)42(38(39)46)26-29-15-12-18-31(23-29)40-37(45)30-16-8-5-9-17-30/h4-20,23,27,34,36,43,47H,21-22,24-26H2,1-3H3,(H,40,45)/t27-,34+,36-,39+/m0/s1. The first kappa shape index (κ1) is 34.3. The van der Waals surface area contributed by atoms with Gasteiger partial charge in [-0.05, 0) is 54.6 Å². The quantitative estimate of drug-likeness (QED) is 0.176. The lowest BCUT2D eigenvalue weighted by atomic mass is 9.82. The average Bonchev–Trinajstić information content (AvgIpc) is 3.51. The average molecular weight is 678 g/mol. The lowest BCUT2D eigenvalue weighted by Crippen LogP contribution is -2.46. The molecule has 6 rings (SSSR count). The zero-order valence-corrected chi connectivity index (χ0v) is 29.1. The van der Waals surface area contributed by atoms with Crippen molar-refractivity contribution in [3.05, 3.63) is 131 Å². The number of anilines is 2. The molecular weight excluding hydrogens is 635 g/mol. The second-order valence-corrected chi connectivity index (χ2v) is 17.5. The first-order valence-corrected chi connectivity index (χ1v) is 19.7. The van der Waals surface area contributed by atoms with Crippen molar-refractivity contribution in [2.75, 3.05) is 23.4 Å². The number of benzene rings is 4. The van der Waals surface area contributed by atoms with Crippen molar-refractivity contribution in [3.8, 4) is 0 Å². The maximum Gasteiger partial charge on any atom is 0.264 e. The minimum Gasteiger partial charge on any atom is -0.432 e. The number of aliphatic hydroxyl groups excluding tert-OH is 1. The lowest BCUT2D eigenvalue weighted by molar-refractivity contribution is -0.150. The van der Waals surface area contributed by atoms with Gasteiger partial charge in [-0.15, -0.1) is 0 Å². The number of aliphatic hydroxyl groups is 1. The van der Waals surface area contributed by atoms with Gasteiger partial charge in [0.2, 0.25) is 5.91 Å². The Kier molecular flexibility index (Phi) is 9.85. The number of hydrogen-bond acceptors (Lipinski definition) is 6. The second-order valence-electron chi connectivity index (χ2n) is 13.5. The molecule has 4 aromatic carbocycles. The van der Waals surface area contributed by atoms with Crippen LogP contribution >= 0.6 is 0 Å². The lowest BCUT2D eigenvalue weighted by Gasteiger charge is -2.32. The number of hydrogen-bond donors (Lipinski definition) is 3. The topological polar surface area (TPSA) is 119 Å². The van der Waals surface area contributed by atoms with Gasteiger partial charge in [0, 0.05) is 41.4 Å². The van der Waals surface area contributed by atoms with Crippen LogP contribution < -0.4 is 10.2 Å². The SMILES string of the molecule is C[C@H]1[C@H]([Si](C)(C)O)[C@@H](CC(=O)N(CCO)Cc2ccccc2)O[C@]12C(=O)N(Cc1cccc(NC(=O)c3ccccc3)c1)c1ccccc12. The van der Waals surface area contributed by atoms with Gasteiger partial charge in [-0.1, -0.05) is 85.8 Å². The molecule has 10 heteroatoms. The highest BCUT2D eigenvalue weighted by molar-refractivity contribution is 6.71. The van der Waals surface area contributed by atoms with E-state index in [1.54, 1.807) is 21.9 Å². The molecule has 9 nitrogen and oxygen atoms in total. The van der Waals surface area contributed by atoms with Crippen molar-refractivity contribution < 1.29 is 29.0 Å². The number of carbonyl (C=O) groups is 3. The van der Waals surface area contributed by atoms with Crippen molar-refractivity contribution >= 4 is 37.4 Å². The van der Waals surface area contributed by atoms with Crippen LogP contribution in [0.4, 0.5) is 11.4 Å². The van der Waals surface area contributed by atoms with E-state index in [0.29, 0.717) is 23.5 Å². The number of para-hydroxylation sites is 1. The van der Waals surface area contributed by atoms with Crippen LogP contribution in [0.2, 0.25) is 18.6 Å². The monoisotopic (exact) mass is 677 g/mol. The van der Waals surface area contributed by atoms with Gasteiger partial charge in [-0.3, -0.25) is 14.4 Å². The maximum atomic E-state index is 14.8. The third-order valence-electron chi connectivity index (χ3n) is 9.77. The number of rotatable bonds is 11. The van der Waals surface area contributed by atoms with Crippen molar-refractivity contribution in [1.82, 2.24) is 4.90 Å². The van der Waals surface area contributed by atoms with Crippen LogP contribution in [0.3, 0.4) is 0 Å². The van der Waals surface area contributed by atoms with Gasteiger partial charge in [0.1, 0.15) is 0 Å². The Bertz CT molecular complexity index is 1810. The van der Waals surface area contributed by atoms with Gasteiger partial charge >= 0.3 is 0 Å². The zero-order valence-electron chi connectivity index (χ0n) is 28.1. The second kappa shape index (κ2) is 14.1. The van der Waals surface area contributed by atoms with E-state index >= 15 is 0 Å².